The van der Waals surface area contributed by atoms with Crippen LogP contribution in [0.15, 0.2) is 18.5 Å². The number of hydrogen-bond acceptors (Lipinski definition) is 3. The molecule has 0 aliphatic rings. The van der Waals surface area contributed by atoms with Gasteiger partial charge in [0.25, 0.3) is 0 Å². The van der Waals surface area contributed by atoms with Crippen LogP contribution in [0.5, 0.6) is 0 Å². The predicted octanol–water partition coefficient (Wildman–Crippen LogP) is 1.19. The first kappa shape index (κ1) is 7.67. The molecule has 0 aliphatic heterocycles. The number of fused-ring (bicyclic) bond motifs is 1. The smallest absolute Gasteiger partial charge is 0.152 e. The van der Waals surface area contributed by atoms with Crippen molar-refractivity contribution >= 4 is 23.6 Å². The molecule has 1 N–H and O–H groups in total. The molecular weight excluding hydrogens is 168 g/mol. The monoisotopic (exact) mass is 174 g/mol. The Bertz CT molecular complexity index is 473. The molecule has 0 bridgehead atoms. The van der Waals surface area contributed by atoms with E-state index in [-0.39, 0.29) is 0 Å². The van der Waals surface area contributed by atoms with Crippen LogP contribution in [0.1, 0.15) is 20.7 Å². The Morgan fingerprint density at radius 1 is 1.31 bits per heavy atom. The Hall–Kier alpha value is -1.97. The molecular formula is C9H6N2O2. The van der Waals surface area contributed by atoms with Crippen LogP contribution in [0.4, 0.5) is 0 Å². The lowest BCUT2D eigenvalue weighted by Gasteiger charge is -1.91. The van der Waals surface area contributed by atoms with Gasteiger partial charge in [-0.3, -0.25) is 9.59 Å². The molecule has 2 rings (SSSR count). The molecule has 0 unspecified atom stereocenters. The molecule has 0 fully saturated rings. The Morgan fingerprint density at radius 3 is 2.85 bits per heavy atom. The molecule has 0 radical (unpaired) electrons. The number of pyridine rings is 1. The molecule has 0 spiro atoms. The normalized spacial score (nSPS) is 10.2. The zero-order chi connectivity index (χ0) is 9.26. The van der Waals surface area contributed by atoms with E-state index < -0.39 is 0 Å². The number of rotatable bonds is 2. The second-order valence-corrected chi connectivity index (χ2v) is 2.64. The van der Waals surface area contributed by atoms with E-state index in [2.05, 4.69) is 9.97 Å². The van der Waals surface area contributed by atoms with Crippen molar-refractivity contribution in [3.05, 3.63) is 29.6 Å². The summed E-state index contributed by atoms with van der Waals surface area (Å²) in [6.45, 7) is 0. The van der Waals surface area contributed by atoms with Gasteiger partial charge in [0.1, 0.15) is 5.65 Å². The van der Waals surface area contributed by atoms with Crippen molar-refractivity contribution in [3.8, 4) is 0 Å². The van der Waals surface area contributed by atoms with Gasteiger partial charge in [-0.25, -0.2) is 4.98 Å². The molecule has 2 aromatic rings. The Labute approximate surface area is 73.6 Å². The van der Waals surface area contributed by atoms with Crippen molar-refractivity contribution in [3.63, 3.8) is 0 Å². The molecule has 2 aromatic heterocycles. The van der Waals surface area contributed by atoms with Gasteiger partial charge in [0.15, 0.2) is 12.6 Å². The minimum Gasteiger partial charge on any atom is -0.345 e. The van der Waals surface area contributed by atoms with Crippen molar-refractivity contribution in [1.82, 2.24) is 9.97 Å². The van der Waals surface area contributed by atoms with E-state index in [1.165, 1.54) is 6.20 Å². The third kappa shape index (κ3) is 1.12. The van der Waals surface area contributed by atoms with Crippen LogP contribution in [0.3, 0.4) is 0 Å². The lowest BCUT2D eigenvalue weighted by molar-refractivity contribution is 0.111. The number of aromatic amines is 1. The average molecular weight is 174 g/mol. The minimum absolute atomic E-state index is 0.468. The number of carbonyl (C=O) groups is 2. The predicted molar refractivity (Wildman–Crippen MR) is 46.9 cm³/mol. The molecule has 4 heteroatoms. The third-order valence-electron chi connectivity index (χ3n) is 1.85. The van der Waals surface area contributed by atoms with Gasteiger partial charge in [0.05, 0.1) is 0 Å². The highest BCUT2D eigenvalue weighted by molar-refractivity contribution is 5.97. The van der Waals surface area contributed by atoms with Gasteiger partial charge < -0.3 is 4.98 Å². The maximum atomic E-state index is 10.5. The van der Waals surface area contributed by atoms with Gasteiger partial charge in [0, 0.05) is 28.9 Å². The summed E-state index contributed by atoms with van der Waals surface area (Å²) in [6.07, 6.45) is 4.46. The summed E-state index contributed by atoms with van der Waals surface area (Å²) in [5.41, 5.74) is 1.61. The van der Waals surface area contributed by atoms with Gasteiger partial charge in [-0.05, 0) is 6.07 Å². The first-order valence-corrected chi connectivity index (χ1v) is 3.72. The lowest BCUT2D eigenvalue weighted by Crippen LogP contribution is -1.84. The van der Waals surface area contributed by atoms with Crippen LogP contribution in [0.2, 0.25) is 0 Å². The minimum atomic E-state index is 0.468. The number of hydrogen-bond donors (Lipinski definition) is 1. The molecule has 0 saturated carbocycles. The Kier molecular flexibility index (Phi) is 1.66. The van der Waals surface area contributed by atoms with E-state index in [1.54, 1.807) is 12.3 Å². The zero-order valence-electron chi connectivity index (χ0n) is 6.65. The number of nitrogens with zero attached hydrogens (tertiary/aromatic N) is 1. The summed E-state index contributed by atoms with van der Waals surface area (Å²) in [7, 11) is 0. The maximum Gasteiger partial charge on any atom is 0.152 e. The fraction of sp³-hybridized carbons (Fsp3) is 0. The van der Waals surface area contributed by atoms with Gasteiger partial charge in [0.2, 0.25) is 0 Å². The summed E-state index contributed by atoms with van der Waals surface area (Å²) in [4.78, 5) is 27.8. The lowest BCUT2D eigenvalue weighted by atomic mass is 10.2. The second-order valence-electron chi connectivity index (χ2n) is 2.64. The van der Waals surface area contributed by atoms with Crippen LogP contribution in [-0.2, 0) is 0 Å². The SMILES string of the molecule is O=Cc1cnc2[nH]cc(C=O)c2c1. The van der Waals surface area contributed by atoms with Crippen molar-refractivity contribution in [2.75, 3.05) is 0 Å². The van der Waals surface area contributed by atoms with Crippen LogP contribution >= 0.6 is 0 Å². The Morgan fingerprint density at radius 2 is 2.15 bits per heavy atom. The van der Waals surface area contributed by atoms with E-state index in [0.29, 0.717) is 28.4 Å². The number of aromatic nitrogens is 2. The number of nitrogens with one attached hydrogen (secondary N) is 1. The fourth-order valence-electron chi connectivity index (χ4n) is 1.20. The quantitative estimate of drug-likeness (QED) is 0.695. The molecule has 2 heterocycles. The Balaban J connectivity index is 2.78. The molecule has 0 aliphatic carbocycles. The van der Waals surface area contributed by atoms with Crippen LogP contribution < -0.4 is 0 Å². The first-order chi connectivity index (χ1) is 6.35. The molecule has 0 atom stereocenters. The van der Waals surface area contributed by atoms with Gasteiger partial charge >= 0.3 is 0 Å². The van der Waals surface area contributed by atoms with Crippen LogP contribution in [0.25, 0.3) is 11.0 Å². The number of H-pyrrole nitrogens is 1. The summed E-state index contributed by atoms with van der Waals surface area (Å²) < 4.78 is 0. The van der Waals surface area contributed by atoms with E-state index in [1.807, 2.05) is 0 Å². The van der Waals surface area contributed by atoms with E-state index >= 15 is 0 Å². The molecule has 0 amide bonds. The summed E-state index contributed by atoms with van der Waals surface area (Å²) >= 11 is 0. The molecule has 13 heavy (non-hydrogen) atoms. The third-order valence-corrected chi connectivity index (χ3v) is 1.85. The maximum absolute atomic E-state index is 10.5. The zero-order valence-corrected chi connectivity index (χ0v) is 6.65. The van der Waals surface area contributed by atoms with Crippen LogP contribution in [0, 0.1) is 0 Å². The first-order valence-electron chi connectivity index (χ1n) is 3.72. The fourth-order valence-corrected chi connectivity index (χ4v) is 1.20. The highest BCUT2D eigenvalue weighted by Crippen LogP contribution is 2.14. The topological polar surface area (TPSA) is 62.8 Å². The summed E-state index contributed by atoms with van der Waals surface area (Å²) in [5, 5.41) is 0.680. The van der Waals surface area contributed by atoms with Gasteiger partial charge in [-0.1, -0.05) is 0 Å². The van der Waals surface area contributed by atoms with Gasteiger partial charge in [-0.2, -0.15) is 0 Å². The highest BCUT2D eigenvalue weighted by atomic mass is 16.1. The largest absolute Gasteiger partial charge is 0.345 e. The summed E-state index contributed by atoms with van der Waals surface area (Å²) in [5.74, 6) is 0. The van der Waals surface area contributed by atoms with Gasteiger partial charge in [-0.15, -0.1) is 0 Å². The highest BCUT2D eigenvalue weighted by Gasteiger charge is 2.03. The van der Waals surface area contributed by atoms with Crippen molar-refractivity contribution < 1.29 is 9.59 Å². The van der Waals surface area contributed by atoms with E-state index in [4.69, 9.17) is 0 Å². The average Bonchev–Trinajstić information content (AvgIpc) is 2.59. The molecule has 0 aromatic carbocycles. The molecule has 4 nitrogen and oxygen atoms in total. The van der Waals surface area contributed by atoms with E-state index in [9.17, 15) is 9.59 Å². The van der Waals surface area contributed by atoms with E-state index in [0.717, 1.165) is 6.29 Å². The van der Waals surface area contributed by atoms with Crippen molar-refractivity contribution in [2.45, 2.75) is 0 Å². The number of carbonyl (C=O) groups excluding carboxylic acids is 2. The molecule has 0 saturated heterocycles. The second kappa shape index (κ2) is 2.82. The summed E-state index contributed by atoms with van der Waals surface area (Å²) in [6, 6.07) is 1.63. The van der Waals surface area contributed by atoms with Crippen LogP contribution in [-0.4, -0.2) is 22.5 Å². The van der Waals surface area contributed by atoms with Crippen molar-refractivity contribution in [2.24, 2.45) is 0 Å². The van der Waals surface area contributed by atoms with Crippen molar-refractivity contribution in [1.29, 1.82) is 0 Å². The molecule has 64 valence electrons. The number of aldehydes is 2. The standard InChI is InChI=1S/C9H6N2O2/c12-4-6-1-8-7(5-13)3-11-9(8)10-2-6/h1-5H,(H,10,11).